The van der Waals surface area contributed by atoms with Crippen LogP contribution in [-0.2, 0) is 27.2 Å². The predicted molar refractivity (Wildman–Crippen MR) is 89.8 cm³/mol. The number of carbonyl (C=O) groups is 2. The fraction of sp³-hybridized carbons (Fsp3) is 0.556. The van der Waals surface area contributed by atoms with E-state index in [1.165, 1.54) is 24.0 Å². The summed E-state index contributed by atoms with van der Waals surface area (Å²) < 4.78 is 5.04. The Morgan fingerprint density at radius 2 is 1.96 bits per heavy atom. The first-order valence-corrected chi connectivity index (χ1v) is 8.53. The SMILES string of the molecule is CCOC(=O)CN1C(=O)C(CC)Nc2cc3c(cc21)CCCC3. The van der Waals surface area contributed by atoms with Crippen LogP contribution in [0.15, 0.2) is 12.1 Å². The van der Waals surface area contributed by atoms with Crippen molar-refractivity contribution in [1.29, 1.82) is 0 Å². The zero-order valence-corrected chi connectivity index (χ0v) is 13.9. The van der Waals surface area contributed by atoms with Gasteiger partial charge in [0.1, 0.15) is 12.6 Å². The molecule has 1 heterocycles. The van der Waals surface area contributed by atoms with Gasteiger partial charge in [0, 0.05) is 0 Å². The van der Waals surface area contributed by atoms with Crippen molar-refractivity contribution in [3.8, 4) is 0 Å². The normalized spacial score (nSPS) is 19.7. The summed E-state index contributed by atoms with van der Waals surface area (Å²) in [7, 11) is 0. The molecule has 1 N–H and O–H groups in total. The molecule has 1 unspecified atom stereocenters. The lowest BCUT2D eigenvalue weighted by Crippen LogP contribution is -2.49. The molecule has 3 rings (SSSR count). The number of esters is 1. The van der Waals surface area contributed by atoms with Crippen LogP contribution in [0.5, 0.6) is 0 Å². The Labute approximate surface area is 137 Å². The number of benzene rings is 1. The van der Waals surface area contributed by atoms with Crippen LogP contribution < -0.4 is 10.2 Å². The summed E-state index contributed by atoms with van der Waals surface area (Å²) in [4.78, 5) is 26.2. The van der Waals surface area contributed by atoms with Gasteiger partial charge in [-0.2, -0.15) is 0 Å². The quantitative estimate of drug-likeness (QED) is 0.868. The molecule has 0 saturated heterocycles. The van der Waals surface area contributed by atoms with Gasteiger partial charge in [0.2, 0.25) is 5.91 Å². The van der Waals surface area contributed by atoms with Gasteiger partial charge in [-0.15, -0.1) is 0 Å². The highest BCUT2D eigenvalue weighted by Gasteiger charge is 2.33. The Morgan fingerprint density at radius 1 is 1.26 bits per heavy atom. The molecule has 124 valence electrons. The zero-order chi connectivity index (χ0) is 16.4. The summed E-state index contributed by atoms with van der Waals surface area (Å²) in [5, 5.41) is 3.34. The molecule has 0 aromatic heterocycles. The van der Waals surface area contributed by atoms with E-state index in [-0.39, 0.29) is 24.5 Å². The second kappa shape index (κ2) is 6.60. The lowest BCUT2D eigenvalue weighted by molar-refractivity contribution is -0.142. The monoisotopic (exact) mass is 316 g/mol. The van der Waals surface area contributed by atoms with Gasteiger partial charge in [-0.3, -0.25) is 14.5 Å². The van der Waals surface area contributed by atoms with Crippen molar-refractivity contribution in [3.05, 3.63) is 23.3 Å². The number of amides is 1. The fourth-order valence-electron chi connectivity index (χ4n) is 3.44. The number of fused-ring (bicyclic) bond motifs is 2. The number of nitrogens with zero attached hydrogens (tertiary/aromatic N) is 1. The lowest BCUT2D eigenvalue weighted by Gasteiger charge is -2.35. The Balaban J connectivity index is 1.98. The Bertz CT molecular complexity index is 627. The number of anilines is 2. The van der Waals surface area contributed by atoms with Gasteiger partial charge in [-0.05, 0) is 62.3 Å². The first-order chi connectivity index (χ1) is 11.1. The molecular weight excluding hydrogens is 292 g/mol. The zero-order valence-electron chi connectivity index (χ0n) is 13.9. The first-order valence-electron chi connectivity index (χ1n) is 8.53. The van der Waals surface area contributed by atoms with Crippen molar-refractivity contribution in [2.45, 2.75) is 52.0 Å². The van der Waals surface area contributed by atoms with E-state index in [4.69, 9.17) is 4.74 Å². The summed E-state index contributed by atoms with van der Waals surface area (Å²) >= 11 is 0. The van der Waals surface area contributed by atoms with E-state index in [9.17, 15) is 9.59 Å². The van der Waals surface area contributed by atoms with Crippen LogP contribution in [0.25, 0.3) is 0 Å². The van der Waals surface area contributed by atoms with Gasteiger partial charge >= 0.3 is 5.97 Å². The topological polar surface area (TPSA) is 58.6 Å². The van der Waals surface area contributed by atoms with Gasteiger partial charge < -0.3 is 10.1 Å². The third kappa shape index (κ3) is 3.05. The molecule has 1 amide bonds. The van der Waals surface area contributed by atoms with Crippen molar-refractivity contribution >= 4 is 23.3 Å². The van der Waals surface area contributed by atoms with E-state index in [1.807, 2.05) is 6.92 Å². The molecule has 2 aliphatic rings. The van der Waals surface area contributed by atoms with E-state index in [0.717, 1.165) is 24.2 Å². The molecule has 5 nitrogen and oxygen atoms in total. The Kier molecular flexibility index (Phi) is 4.55. The summed E-state index contributed by atoms with van der Waals surface area (Å²) in [6.45, 7) is 4.06. The summed E-state index contributed by atoms with van der Waals surface area (Å²) in [5.74, 6) is -0.412. The van der Waals surface area contributed by atoms with E-state index in [1.54, 1.807) is 11.8 Å². The molecule has 1 aromatic carbocycles. The Morgan fingerprint density at radius 3 is 2.61 bits per heavy atom. The van der Waals surface area contributed by atoms with E-state index < -0.39 is 0 Å². The van der Waals surface area contributed by atoms with Crippen LogP contribution in [0, 0.1) is 0 Å². The van der Waals surface area contributed by atoms with Gasteiger partial charge in [0.25, 0.3) is 0 Å². The summed E-state index contributed by atoms with van der Waals surface area (Å²) in [6, 6.07) is 3.97. The van der Waals surface area contributed by atoms with E-state index in [0.29, 0.717) is 13.0 Å². The van der Waals surface area contributed by atoms with Crippen LogP contribution in [0.3, 0.4) is 0 Å². The minimum atomic E-state index is -0.360. The molecule has 0 fully saturated rings. The van der Waals surface area contributed by atoms with E-state index >= 15 is 0 Å². The van der Waals surface area contributed by atoms with Crippen molar-refractivity contribution < 1.29 is 14.3 Å². The molecule has 0 radical (unpaired) electrons. The van der Waals surface area contributed by atoms with Crippen molar-refractivity contribution in [3.63, 3.8) is 0 Å². The van der Waals surface area contributed by atoms with Gasteiger partial charge in [-0.1, -0.05) is 6.92 Å². The van der Waals surface area contributed by atoms with Crippen LogP contribution in [0.4, 0.5) is 11.4 Å². The molecule has 23 heavy (non-hydrogen) atoms. The molecule has 5 heteroatoms. The van der Waals surface area contributed by atoms with Crippen LogP contribution in [0.1, 0.15) is 44.2 Å². The van der Waals surface area contributed by atoms with Crippen LogP contribution in [0.2, 0.25) is 0 Å². The van der Waals surface area contributed by atoms with Gasteiger partial charge in [0.15, 0.2) is 0 Å². The highest BCUT2D eigenvalue weighted by Crippen LogP contribution is 2.37. The maximum absolute atomic E-state index is 12.7. The molecule has 1 aromatic rings. The standard InChI is InChI=1S/C18H24N2O3/c1-3-14-18(22)20(11-17(21)23-4-2)16-10-13-8-6-5-7-12(13)9-15(16)19-14/h9-10,14,19H,3-8,11H2,1-2H3. The van der Waals surface area contributed by atoms with Crippen molar-refractivity contribution in [2.75, 3.05) is 23.4 Å². The molecule has 0 saturated carbocycles. The molecule has 0 bridgehead atoms. The fourth-order valence-corrected chi connectivity index (χ4v) is 3.44. The maximum Gasteiger partial charge on any atom is 0.326 e. The summed E-state index contributed by atoms with van der Waals surface area (Å²) in [6.07, 6.45) is 5.22. The molecule has 1 aliphatic carbocycles. The van der Waals surface area contributed by atoms with Crippen LogP contribution >= 0.6 is 0 Å². The van der Waals surface area contributed by atoms with Crippen LogP contribution in [-0.4, -0.2) is 31.1 Å². The first kappa shape index (κ1) is 15.8. The molecule has 1 aliphatic heterocycles. The smallest absolute Gasteiger partial charge is 0.326 e. The highest BCUT2D eigenvalue weighted by atomic mass is 16.5. The average molecular weight is 316 g/mol. The van der Waals surface area contributed by atoms with Gasteiger partial charge in [0.05, 0.1) is 18.0 Å². The maximum atomic E-state index is 12.7. The number of hydrogen-bond donors (Lipinski definition) is 1. The number of rotatable bonds is 4. The largest absolute Gasteiger partial charge is 0.465 e. The second-order valence-corrected chi connectivity index (χ2v) is 6.18. The second-order valence-electron chi connectivity index (χ2n) is 6.18. The predicted octanol–water partition coefficient (Wildman–Crippen LogP) is 2.67. The van der Waals surface area contributed by atoms with Crippen molar-refractivity contribution in [2.24, 2.45) is 0 Å². The molecule has 1 atom stereocenters. The third-order valence-corrected chi connectivity index (χ3v) is 4.65. The Hall–Kier alpha value is -2.04. The number of nitrogens with one attached hydrogen (secondary N) is 1. The highest BCUT2D eigenvalue weighted by molar-refractivity contribution is 6.07. The molecular formula is C18H24N2O3. The minimum Gasteiger partial charge on any atom is -0.465 e. The average Bonchev–Trinajstić information content (AvgIpc) is 2.56. The lowest BCUT2D eigenvalue weighted by atomic mass is 9.89. The number of ether oxygens (including phenoxy) is 1. The van der Waals surface area contributed by atoms with E-state index in [2.05, 4.69) is 17.4 Å². The number of carbonyl (C=O) groups excluding carboxylic acids is 2. The minimum absolute atomic E-state index is 0.0172. The van der Waals surface area contributed by atoms with Crippen molar-refractivity contribution in [1.82, 2.24) is 0 Å². The third-order valence-electron chi connectivity index (χ3n) is 4.65. The summed E-state index contributed by atoms with van der Waals surface area (Å²) in [5.41, 5.74) is 4.44. The number of aryl methyl sites for hydroxylation is 2. The number of hydrogen-bond acceptors (Lipinski definition) is 4. The molecule has 0 spiro atoms. The van der Waals surface area contributed by atoms with Gasteiger partial charge in [-0.25, -0.2) is 0 Å².